The Hall–Kier alpha value is -3.24. The first-order chi connectivity index (χ1) is 20.6. The second kappa shape index (κ2) is 12.0. The summed E-state index contributed by atoms with van der Waals surface area (Å²) in [6, 6.07) is 3.33. The predicted molar refractivity (Wildman–Crippen MR) is 162 cm³/mol. The van der Waals surface area contributed by atoms with Gasteiger partial charge in [-0.15, -0.1) is 0 Å². The second-order valence-electron chi connectivity index (χ2n) is 13.6. The summed E-state index contributed by atoms with van der Waals surface area (Å²) >= 11 is 0. The number of halogens is 1. The maximum atomic E-state index is 15.7. The molecule has 43 heavy (non-hydrogen) atoms. The first-order valence-electron chi connectivity index (χ1n) is 15.9. The minimum atomic E-state index is -0.816. The third-order valence-electron chi connectivity index (χ3n) is 9.67. The van der Waals surface area contributed by atoms with E-state index in [4.69, 9.17) is 10.5 Å². The standard InChI is InChI=1S/C33H44FN5O4/c1-33(2)18-27-30(28(40)19-33)23-4-3-5-26(23)39(27)22-16-24(34)31(32(35)42)25(17-22)36-20-6-8-21(9-7-20)37-29(41)10-11-38-12-14-43-15-13-38/h16-17,20-21,36H,3-15,18-19H2,1-2H3,(H2,35,42)(H,37,41)/t20-,21-. The van der Waals surface area contributed by atoms with Crippen LogP contribution in [0.5, 0.6) is 0 Å². The van der Waals surface area contributed by atoms with Crippen molar-refractivity contribution in [1.29, 1.82) is 0 Å². The van der Waals surface area contributed by atoms with Crippen molar-refractivity contribution in [2.45, 2.75) is 90.1 Å². The van der Waals surface area contributed by atoms with E-state index in [2.05, 4.69) is 33.9 Å². The number of aromatic nitrogens is 1. The summed E-state index contributed by atoms with van der Waals surface area (Å²) in [7, 11) is 0. The third-order valence-corrected chi connectivity index (χ3v) is 9.67. The molecule has 4 aliphatic rings. The molecule has 232 valence electrons. The number of fused-ring (bicyclic) bond motifs is 3. The van der Waals surface area contributed by atoms with Crippen LogP contribution in [-0.4, -0.2) is 72.0 Å². The molecular weight excluding hydrogens is 549 g/mol. The van der Waals surface area contributed by atoms with Crippen molar-refractivity contribution in [1.82, 2.24) is 14.8 Å². The van der Waals surface area contributed by atoms with Crippen molar-refractivity contribution in [3.8, 4) is 5.69 Å². The van der Waals surface area contributed by atoms with Crippen LogP contribution >= 0.6 is 0 Å². The fourth-order valence-electron chi connectivity index (χ4n) is 7.61. The van der Waals surface area contributed by atoms with E-state index < -0.39 is 11.7 Å². The van der Waals surface area contributed by atoms with Gasteiger partial charge in [0.05, 0.1) is 30.2 Å². The molecule has 0 unspecified atom stereocenters. The van der Waals surface area contributed by atoms with Crippen LogP contribution in [0.2, 0.25) is 0 Å². The average molecular weight is 594 g/mol. The largest absolute Gasteiger partial charge is 0.382 e. The highest BCUT2D eigenvalue weighted by Crippen LogP contribution is 2.43. The van der Waals surface area contributed by atoms with Gasteiger partial charge in [0.2, 0.25) is 5.91 Å². The van der Waals surface area contributed by atoms with E-state index in [1.54, 1.807) is 0 Å². The van der Waals surface area contributed by atoms with E-state index in [1.807, 2.05) is 6.07 Å². The van der Waals surface area contributed by atoms with E-state index in [9.17, 15) is 14.4 Å². The van der Waals surface area contributed by atoms with E-state index in [0.29, 0.717) is 24.2 Å². The lowest BCUT2D eigenvalue weighted by Gasteiger charge is -2.32. The third kappa shape index (κ3) is 6.22. The van der Waals surface area contributed by atoms with Crippen LogP contribution in [-0.2, 0) is 28.8 Å². The molecule has 2 aromatic rings. The van der Waals surface area contributed by atoms with Crippen LogP contribution < -0.4 is 16.4 Å². The SMILES string of the molecule is CC1(C)CC(=O)c2c3c(n(-c4cc(F)c(C(N)=O)c(N[C@H]5CC[C@H](NC(=O)CCN6CCOCC6)CC5)c4)c2C1)CCC3. The lowest BCUT2D eigenvalue weighted by atomic mass is 9.75. The molecule has 4 N–H and O–H groups in total. The van der Waals surface area contributed by atoms with E-state index in [0.717, 1.165) is 107 Å². The number of anilines is 1. The molecule has 3 aliphatic carbocycles. The highest BCUT2D eigenvalue weighted by Gasteiger charge is 2.39. The number of Topliss-reactive ketones (excluding diaryl/α,β-unsaturated/α-hetero) is 1. The zero-order chi connectivity index (χ0) is 30.3. The first kappa shape index (κ1) is 29.8. The maximum Gasteiger partial charge on any atom is 0.253 e. The quantitative estimate of drug-likeness (QED) is 0.427. The summed E-state index contributed by atoms with van der Waals surface area (Å²) in [5.41, 5.74) is 10.3. The van der Waals surface area contributed by atoms with Gasteiger partial charge in [0, 0.05) is 61.5 Å². The fraction of sp³-hybridized carbons (Fsp3) is 0.606. The van der Waals surface area contributed by atoms with Crippen LogP contribution in [0.4, 0.5) is 10.1 Å². The number of rotatable bonds is 8. The molecule has 1 aromatic carbocycles. The predicted octanol–water partition coefficient (Wildman–Crippen LogP) is 3.92. The Labute approximate surface area is 252 Å². The minimum Gasteiger partial charge on any atom is -0.382 e. The number of ether oxygens (including phenoxy) is 1. The van der Waals surface area contributed by atoms with Gasteiger partial charge in [-0.1, -0.05) is 13.8 Å². The number of hydrogen-bond acceptors (Lipinski definition) is 6. The highest BCUT2D eigenvalue weighted by atomic mass is 19.1. The van der Waals surface area contributed by atoms with Crippen LogP contribution in [0.15, 0.2) is 12.1 Å². The Balaban J connectivity index is 1.18. The molecule has 2 amide bonds. The van der Waals surface area contributed by atoms with Crippen molar-refractivity contribution >= 4 is 23.3 Å². The molecule has 6 rings (SSSR count). The van der Waals surface area contributed by atoms with Gasteiger partial charge in [0.1, 0.15) is 5.82 Å². The molecule has 2 heterocycles. The summed E-state index contributed by atoms with van der Waals surface area (Å²) in [6.07, 6.45) is 7.51. The molecule has 1 aliphatic heterocycles. The minimum absolute atomic E-state index is 0.0130. The Morgan fingerprint density at radius 2 is 1.77 bits per heavy atom. The molecule has 2 fully saturated rings. The molecule has 1 aromatic heterocycles. The molecule has 0 radical (unpaired) electrons. The smallest absolute Gasteiger partial charge is 0.253 e. The lowest BCUT2D eigenvalue weighted by molar-refractivity contribution is -0.122. The van der Waals surface area contributed by atoms with Crippen LogP contribution in [0, 0.1) is 11.2 Å². The van der Waals surface area contributed by atoms with Gasteiger partial charge >= 0.3 is 0 Å². The number of nitrogens with zero attached hydrogens (tertiary/aromatic N) is 2. The number of ketones is 1. The number of amides is 2. The van der Waals surface area contributed by atoms with Crippen molar-refractivity contribution in [2.75, 3.05) is 38.2 Å². The van der Waals surface area contributed by atoms with Crippen molar-refractivity contribution < 1.29 is 23.5 Å². The number of carbonyl (C=O) groups excluding carboxylic acids is 3. The summed E-state index contributed by atoms with van der Waals surface area (Å²) in [5.74, 6) is -1.24. The van der Waals surface area contributed by atoms with Crippen LogP contribution in [0.25, 0.3) is 5.69 Å². The lowest BCUT2D eigenvalue weighted by Crippen LogP contribution is -2.42. The molecule has 10 heteroatoms. The highest BCUT2D eigenvalue weighted by molar-refractivity contribution is 6.01. The van der Waals surface area contributed by atoms with E-state index in [-0.39, 0.29) is 34.8 Å². The fourth-order valence-corrected chi connectivity index (χ4v) is 7.61. The average Bonchev–Trinajstić information content (AvgIpc) is 3.52. The Bertz CT molecular complexity index is 1420. The molecule has 1 saturated heterocycles. The number of hydrogen-bond donors (Lipinski definition) is 3. The van der Waals surface area contributed by atoms with Gasteiger partial charge in [-0.25, -0.2) is 4.39 Å². The summed E-state index contributed by atoms with van der Waals surface area (Å²) in [5, 5.41) is 6.62. The molecule has 0 bridgehead atoms. The number of primary amides is 1. The molecule has 1 saturated carbocycles. The molecule has 0 atom stereocenters. The zero-order valence-electron chi connectivity index (χ0n) is 25.4. The van der Waals surface area contributed by atoms with Crippen LogP contribution in [0.1, 0.15) is 96.5 Å². The number of morpholine rings is 1. The first-order valence-corrected chi connectivity index (χ1v) is 15.9. The van der Waals surface area contributed by atoms with E-state index in [1.165, 1.54) is 6.07 Å². The number of nitrogens with two attached hydrogens (primary N) is 1. The van der Waals surface area contributed by atoms with E-state index >= 15 is 4.39 Å². The molecular formula is C33H44FN5O4. The van der Waals surface area contributed by atoms with Gasteiger partial charge < -0.3 is 25.7 Å². The topological polar surface area (TPSA) is 119 Å². The Morgan fingerprint density at radius 1 is 1.05 bits per heavy atom. The summed E-state index contributed by atoms with van der Waals surface area (Å²) < 4.78 is 23.1. The molecule has 0 spiro atoms. The van der Waals surface area contributed by atoms with Gasteiger partial charge in [0.25, 0.3) is 5.91 Å². The zero-order valence-corrected chi connectivity index (χ0v) is 25.4. The number of carbonyl (C=O) groups is 3. The van der Waals surface area contributed by atoms with Gasteiger partial charge in [-0.3, -0.25) is 19.3 Å². The van der Waals surface area contributed by atoms with Crippen molar-refractivity contribution in [2.24, 2.45) is 11.1 Å². The van der Waals surface area contributed by atoms with Crippen LogP contribution in [0.3, 0.4) is 0 Å². The summed E-state index contributed by atoms with van der Waals surface area (Å²) in [6.45, 7) is 8.11. The number of benzene rings is 1. The van der Waals surface area contributed by atoms with Crippen molar-refractivity contribution in [3.05, 3.63) is 46.0 Å². The van der Waals surface area contributed by atoms with Crippen molar-refractivity contribution in [3.63, 3.8) is 0 Å². The summed E-state index contributed by atoms with van der Waals surface area (Å²) in [4.78, 5) is 40.5. The van der Waals surface area contributed by atoms with Gasteiger partial charge in [0.15, 0.2) is 5.78 Å². The monoisotopic (exact) mass is 593 g/mol. The molecule has 9 nitrogen and oxygen atoms in total. The Morgan fingerprint density at radius 3 is 2.49 bits per heavy atom. The Kier molecular flexibility index (Phi) is 8.35. The van der Waals surface area contributed by atoms with Gasteiger partial charge in [-0.2, -0.15) is 0 Å². The van der Waals surface area contributed by atoms with Gasteiger partial charge in [-0.05, 0) is 74.5 Å². The number of nitrogens with one attached hydrogen (secondary N) is 2. The maximum absolute atomic E-state index is 15.7. The second-order valence-corrected chi connectivity index (χ2v) is 13.6. The normalized spacial score (nSPS) is 23.5.